The van der Waals surface area contributed by atoms with E-state index in [1.807, 2.05) is 30.5 Å². The number of carbonyl (C=O) groups excluding carboxylic acids is 1. The van der Waals surface area contributed by atoms with Crippen LogP contribution in [0.25, 0.3) is 11.3 Å². The van der Waals surface area contributed by atoms with Gasteiger partial charge >= 0.3 is 0 Å². The number of hydrogen-bond donors (Lipinski definition) is 2. The first-order valence-electron chi connectivity index (χ1n) is 6.19. The number of nitrogens with zero attached hydrogens (tertiary/aromatic N) is 1. The lowest BCUT2D eigenvalue weighted by atomic mass is 10.1. The van der Waals surface area contributed by atoms with Gasteiger partial charge in [-0.05, 0) is 26.1 Å². The van der Waals surface area contributed by atoms with Crippen molar-refractivity contribution in [1.29, 1.82) is 0 Å². The zero-order valence-corrected chi connectivity index (χ0v) is 12.5. The maximum absolute atomic E-state index is 11.5. The van der Waals surface area contributed by atoms with Gasteiger partial charge in [-0.2, -0.15) is 0 Å². The van der Waals surface area contributed by atoms with E-state index in [4.69, 9.17) is 4.74 Å². The molecule has 1 aromatic carbocycles. The Morgan fingerprint density at radius 1 is 1.45 bits per heavy atom. The number of hydrogen-bond acceptors (Lipinski definition) is 5. The maximum atomic E-state index is 11.5. The molecule has 6 heteroatoms. The summed E-state index contributed by atoms with van der Waals surface area (Å²) in [5.41, 5.74) is 2.86. The summed E-state index contributed by atoms with van der Waals surface area (Å²) in [6, 6.07) is 5.93. The van der Waals surface area contributed by atoms with E-state index in [9.17, 15) is 4.79 Å². The fourth-order valence-electron chi connectivity index (χ4n) is 1.80. The summed E-state index contributed by atoms with van der Waals surface area (Å²) in [6.07, 6.45) is 0. The van der Waals surface area contributed by atoms with Crippen LogP contribution in [0.3, 0.4) is 0 Å². The lowest BCUT2D eigenvalue weighted by molar-refractivity contribution is -0.115. The molecule has 0 saturated heterocycles. The molecule has 0 bridgehead atoms. The van der Waals surface area contributed by atoms with Crippen LogP contribution in [0.15, 0.2) is 23.6 Å². The van der Waals surface area contributed by atoms with E-state index in [1.54, 1.807) is 14.2 Å². The van der Waals surface area contributed by atoms with E-state index in [0.29, 0.717) is 5.13 Å². The summed E-state index contributed by atoms with van der Waals surface area (Å²) in [5, 5.41) is 8.04. The molecule has 0 unspecified atom stereocenters. The van der Waals surface area contributed by atoms with Crippen molar-refractivity contribution in [1.82, 2.24) is 10.3 Å². The molecule has 2 N–H and O–H groups in total. The van der Waals surface area contributed by atoms with Crippen molar-refractivity contribution in [2.75, 3.05) is 26.0 Å². The number of amides is 1. The third-order valence-electron chi connectivity index (χ3n) is 2.72. The lowest BCUT2D eigenvalue weighted by Gasteiger charge is -2.07. The summed E-state index contributed by atoms with van der Waals surface area (Å²) >= 11 is 1.40. The van der Waals surface area contributed by atoms with E-state index in [1.165, 1.54) is 11.3 Å². The third kappa shape index (κ3) is 3.34. The summed E-state index contributed by atoms with van der Waals surface area (Å²) < 4.78 is 5.35. The van der Waals surface area contributed by atoms with Crippen LogP contribution in [-0.2, 0) is 4.79 Å². The monoisotopic (exact) mass is 291 g/mol. The second-order valence-electron chi connectivity index (χ2n) is 4.32. The van der Waals surface area contributed by atoms with Gasteiger partial charge in [0.1, 0.15) is 5.75 Å². The quantitative estimate of drug-likeness (QED) is 0.887. The number of rotatable bonds is 5. The summed E-state index contributed by atoms with van der Waals surface area (Å²) in [7, 11) is 3.36. The SMILES string of the molecule is CNCC(=O)Nc1nc(-c2cc(C)ccc2OC)cs1. The van der Waals surface area contributed by atoms with Gasteiger partial charge < -0.3 is 15.4 Å². The van der Waals surface area contributed by atoms with Crippen LogP contribution in [0.5, 0.6) is 5.75 Å². The predicted molar refractivity (Wildman–Crippen MR) is 81.4 cm³/mol. The Bertz CT molecular complexity index is 610. The van der Waals surface area contributed by atoms with E-state index < -0.39 is 0 Å². The topological polar surface area (TPSA) is 63.2 Å². The Balaban J connectivity index is 2.24. The molecule has 0 fully saturated rings. The summed E-state index contributed by atoms with van der Waals surface area (Å²) in [5.74, 6) is 0.665. The van der Waals surface area contributed by atoms with Gasteiger partial charge in [0.15, 0.2) is 5.13 Å². The molecule has 5 nitrogen and oxygen atoms in total. The highest BCUT2D eigenvalue weighted by atomic mass is 32.1. The molecule has 2 aromatic rings. The Kier molecular flexibility index (Phi) is 4.70. The smallest absolute Gasteiger partial charge is 0.240 e. The van der Waals surface area contributed by atoms with Crippen molar-refractivity contribution in [3.05, 3.63) is 29.1 Å². The Morgan fingerprint density at radius 2 is 2.25 bits per heavy atom. The highest BCUT2D eigenvalue weighted by molar-refractivity contribution is 7.14. The van der Waals surface area contributed by atoms with Gasteiger partial charge in [0, 0.05) is 10.9 Å². The van der Waals surface area contributed by atoms with Gasteiger partial charge in [-0.3, -0.25) is 4.79 Å². The number of benzene rings is 1. The zero-order chi connectivity index (χ0) is 14.5. The Morgan fingerprint density at radius 3 is 2.95 bits per heavy atom. The molecule has 106 valence electrons. The molecule has 0 spiro atoms. The molecular formula is C14H17N3O2S. The predicted octanol–water partition coefficient (Wildman–Crippen LogP) is 2.29. The maximum Gasteiger partial charge on any atom is 0.240 e. The normalized spacial score (nSPS) is 10.3. The molecule has 1 amide bonds. The number of anilines is 1. The van der Waals surface area contributed by atoms with Gasteiger partial charge in [-0.1, -0.05) is 11.6 Å². The van der Waals surface area contributed by atoms with Gasteiger partial charge in [-0.15, -0.1) is 11.3 Å². The van der Waals surface area contributed by atoms with Crippen molar-refractivity contribution in [2.24, 2.45) is 0 Å². The van der Waals surface area contributed by atoms with Crippen molar-refractivity contribution in [3.63, 3.8) is 0 Å². The van der Waals surface area contributed by atoms with Crippen LogP contribution in [0.1, 0.15) is 5.56 Å². The first-order valence-corrected chi connectivity index (χ1v) is 7.07. The van der Waals surface area contributed by atoms with Crippen molar-refractivity contribution < 1.29 is 9.53 Å². The Hall–Kier alpha value is -1.92. The number of methoxy groups -OCH3 is 1. The number of carbonyl (C=O) groups is 1. The number of ether oxygens (including phenoxy) is 1. The van der Waals surface area contributed by atoms with E-state index in [0.717, 1.165) is 22.6 Å². The number of nitrogens with one attached hydrogen (secondary N) is 2. The van der Waals surface area contributed by atoms with Crippen LogP contribution < -0.4 is 15.4 Å². The molecule has 2 rings (SSSR count). The number of thiazole rings is 1. The lowest BCUT2D eigenvalue weighted by Crippen LogP contribution is -2.24. The molecule has 20 heavy (non-hydrogen) atoms. The highest BCUT2D eigenvalue weighted by Crippen LogP contribution is 2.32. The molecule has 0 radical (unpaired) electrons. The van der Waals surface area contributed by atoms with Crippen LogP contribution >= 0.6 is 11.3 Å². The van der Waals surface area contributed by atoms with Gasteiger partial charge in [0.05, 0.1) is 19.3 Å². The van der Waals surface area contributed by atoms with Crippen molar-refractivity contribution >= 4 is 22.4 Å². The third-order valence-corrected chi connectivity index (χ3v) is 3.48. The molecular weight excluding hydrogens is 274 g/mol. The Labute approximate surface area is 122 Å². The molecule has 0 aliphatic rings. The second-order valence-corrected chi connectivity index (χ2v) is 5.18. The van der Waals surface area contributed by atoms with E-state index in [2.05, 4.69) is 15.6 Å². The summed E-state index contributed by atoms with van der Waals surface area (Å²) in [4.78, 5) is 15.9. The fourth-order valence-corrected chi connectivity index (χ4v) is 2.53. The molecule has 0 aliphatic carbocycles. The summed E-state index contributed by atoms with van der Waals surface area (Å²) in [6.45, 7) is 2.29. The molecule has 0 saturated carbocycles. The van der Waals surface area contributed by atoms with Crippen LogP contribution in [-0.4, -0.2) is 31.6 Å². The fraction of sp³-hybridized carbons (Fsp3) is 0.286. The average Bonchev–Trinajstić information content (AvgIpc) is 2.87. The number of aromatic nitrogens is 1. The van der Waals surface area contributed by atoms with Crippen LogP contribution in [0, 0.1) is 6.92 Å². The van der Waals surface area contributed by atoms with Gasteiger partial charge in [-0.25, -0.2) is 4.98 Å². The zero-order valence-electron chi connectivity index (χ0n) is 11.7. The van der Waals surface area contributed by atoms with Crippen LogP contribution in [0.4, 0.5) is 5.13 Å². The molecule has 0 atom stereocenters. The number of likely N-dealkylation sites (N-methyl/N-ethyl adjacent to an activating group) is 1. The van der Waals surface area contributed by atoms with E-state index in [-0.39, 0.29) is 12.5 Å². The van der Waals surface area contributed by atoms with Crippen LogP contribution in [0.2, 0.25) is 0 Å². The van der Waals surface area contributed by atoms with Crippen molar-refractivity contribution in [3.8, 4) is 17.0 Å². The standard InChI is InChI=1S/C14H17N3O2S/c1-9-4-5-12(19-3)10(6-9)11-8-20-14(16-11)17-13(18)7-15-2/h4-6,8,15H,7H2,1-3H3,(H,16,17,18). The van der Waals surface area contributed by atoms with Crippen molar-refractivity contribution in [2.45, 2.75) is 6.92 Å². The minimum absolute atomic E-state index is 0.107. The van der Waals surface area contributed by atoms with Gasteiger partial charge in [0.25, 0.3) is 0 Å². The van der Waals surface area contributed by atoms with Gasteiger partial charge in [0.2, 0.25) is 5.91 Å². The minimum Gasteiger partial charge on any atom is -0.496 e. The largest absolute Gasteiger partial charge is 0.496 e. The molecule has 1 aromatic heterocycles. The highest BCUT2D eigenvalue weighted by Gasteiger charge is 2.11. The average molecular weight is 291 g/mol. The first kappa shape index (κ1) is 14.5. The van der Waals surface area contributed by atoms with E-state index >= 15 is 0 Å². The molecule has 0 aliphatic heterocycles. The molecule has 1 heterocycles. The second kappa shape index (κ2) is 6.49. The first-order chi connectivity index (χ1) is 9.63. The minimum atomic E-state index is -0.107. The number of aryl methyl sites for hydroxylation is 1.